The van der Waals surface area contributed by atoms with Crippen molar-refractivity contribution in [1.29, 1.82) is 0 Å². The number of ether oxygens (including phenoxy) is 1. The molecule has 1 atom stereocenters. The van der Waals surface area contributed by atoms with E-state index in [2.05, 4.69) is 5.10 Å². The molecular formula is C26H29FN2O7S2. The molecule has 0 aliphatic carbocycles. The Kier molecular flexibility index (Phi) is 7.78. The van der Waals surface area contributed by atoms with Crippen molar-refractivity contribution in [3.05, 3.63) is 69.9 Å². The highest BCUT2D eigenvalue weighted by molar-refractivity contribution is 7.91. The summed E-state index contributed by atoms with van der Waals surface area (Å²) in [5.41, 5.74) is 1.96. The highest BCUT2D eigenvalue weighted by Gasteiger charge is 2.36. The summed E-state index contributed by atoms with van der Waals surface area (Å²) in [4.78, 5) is 13.8. The third kappa shape index (κ3) is 5.12. The molecule has 1 aliphatic heterocycles. The number of nitrogens with zero attached hydrogens (tertiary/aromatic N) is 2. The molecule has 0 amide bonds. The number of aromatic nitrogens is 2. The zero-order chi connectivity index (χ0) is 27.8. The number of carbonyl (C=O) groups excluding carboxylic acids is 1. The summed E-state index contributed by atoms with van der Waals surface area (Å²) in [5.74, 6) is -0.983. The molecule has 1 aromatic heterocycles. The minimum absolute atomic E-state index is 0.0794. The number of sulfone groups is 1. The van der Waals surface area contributed by atoms with E-state index in [1.807, 2.05) is 6.92 Å². The molecule has 0 saturated carbocycles. The van der Waals surface area contributed by atoms with Gasteiger partial charge in [-0.1, -0.05) is 17.7 Å². The van der Waals surface area contributed by atoms with Crippen molar-refractivity contribution >= 4 is 25.7 Å². The zero-order valence-electron chi connectivity index (χ0n) is 21.5. The number of fused-ring (bicyclic) bond motifs is 1. The number of hydrogen-bond acceptors (Lipinski definition) is 8. The third-order valence-electron chi connectivity index (χ3n) is 6.53. The van der Waals surface area contributed by atoms with Crippen LogP contribution in [0.15, 0.2) is 46.3 Å². The van der Waals surface area contributed by atoms with Crippen molar-refractivity contribution in [3.8, 4) is 5.88 Å². The molecule has 2 heterocycles. The maximum atomic E-state index is 13.8. The highest BCUT2D eigenvalue weighted by Crippen LogP contribution is 2.41. The molecule has 1 unspecified atom stereocenters. The molecule has 2 aromatic carbocycles. The maximum Gasteiger partial charge on any atom is 0.340 e. The average Bonchev–Trinajstić information content (AvgIpc) is 3.26. The van der Waals surface area contributed by atoms with Gasteiger partial charge >= 0.3 is 10.1 Å². The van der Waals surface area contributed by atoms with E-state index in [1.165, 1.54) is 29.1 Å². The fraction of sp³-hybridized carbons (Fsp3) is 0.385. The Morgan fingerprint density at radius 3 is 2.47 bits per heavy atom. The second kappa shape index (κ2) is 10.6. The van der Waals surface area contributed by atoms with E-state index in [0.717, 1.165) is 5.56 Å². The average molecular weight is 565 g/mol. The van der Waals surface area contributed by atoms with Crippen molar-refractivity contribution in [2.24, 2.45) is 0 Å². The van der Waals surface area contributed by atoms with Gasteiger partial charge in [-0.05, 0) is 63.4 Å². The van der Waals surface area contributed by atoms with Gasteiger partial charge in [-0.15, -0.1) is 0 Å². The Balaban J connectivity index is 1.82. The predicted octanol–water partition coefficient (Wildman–Crippen LogP) is 4.03. The summed E-state index contributed by atoms with van der Waals surface area (Å²) in [7, 11) is -7.92. The Hall–Kier alpha value is -3.09. The van der Waals surface area contributed by atoms with Crippen LogP contribution in [-0.4, -0.2) is 51.4 Å². The first-order valence-electron chi connectivity index (χ1n) is 12.1. The Bertz CT molecular complexity index is 1600. The number of ketones is 1. The van der Waals surface area contributed by atoms with E-state index >= 15 is 0 Å². The van der Waals surface area contributed by atoms with Crippen molar-refractivity contribution in [3.63, 3.8) is 0 Å². The number of carbonyl (C=O) groups is 1. The molecule has 9 nitrogen and oxygen atoms in total. The van der Waals surface area contributed by atoms with Gasteiger partial charge in [0.25, 0.3) is 0 Å². The van der Waals surface area contributed by atoms with Gasteiger partial charge in [0.1, 0.15) is 17.1 Å². The van der Waals surface area contributed by atoms with Crippen LogP contribution in [0.4, 0.5) is 4.39 Å². The molecule has 0 radical (unpaired) electrons. The van der Waals surface area contributed by atoms with Crippen molar-refractivity contribution in [2.75, 3.05) is 19.0 Å². The first-order chi connectivity index (χ1) is 17.9. The second-order valence-electron chi connectivity index (χ2n) is 9.12. The summed E-state index contributed by atoms with van der Waals surface area (Å²) >= 11 is 0. The summed E-state index contributed by atoms with van der Waals surface area (Å²) in [5, 5.41) is 4.14. The van der Waals surface area contributed by atoms with Crippen molar-refractivity contribution in [2.45, 2.75) is 56.6 Å². The molecular weight excluding hydrogens is 535 g/mol. The SMILES string of the molecule is CCn1ncc(C(=O)c2cc(C)c3c(c2C)C(OCCF)CCS3(=O)=O)c1OS(=O)(=O)c1ccc(C)cc1. The van der Waals surface area contributed by atoms with Gasteiger partial charge < -0.3 is 8.92 Å². The van der Waals surface area contributed by atoms with Gasteiger partial charge in [0.05, 0.1) is 29.6 Å². The van der Waals surface area contributed by atoms with Crippen molar-refractivity contribution < 1.29 is 34.9 Å². The molecule has 1 aliphatic rings. The minimum atomic E-state index is -4.29. The summed E-state index contributed by atoms with van der Waals surface area (Å²) < 4.78 is 77.1. The molecule has 0 saturated heterocycles. The van der Waals surface area contributed by atoms with Crippen LogP contribution in [0.2, 0.25) is 0 Å². The van der Waals surface area contributed by atoms with Crippen LogP contribution in [0.25, 0.3) is 0 Å². The molecule has 0 fully saturated rings. The van der Waals surface area contributed by atoms with E-state index in [-0.39, 0.29) is 52.1 Å². The number of halogens is 1. The standard InChI is InChI=1S/C26H29FN2O7S2/c1-5-29-26(36-38(33,34)19-8-6-16(2)7-9-19)21(15-28-29)24(30)20-14-17(3)25-23(18(20)4)22(35-12-11-27)10-13-37(25,31)32/h6-9,14-15,22H,5,10-13H2,1-4H3. The second-order valence-corrected chi connectivity index (χ2v) is 12.7. The fourth-order valence-electron chi connectivity index (χ4n) is 4.66. The van der Waals surface area contributed by atoms with E-state index in [1.54, 1.807) is 32.9 Å². The largest absolute Gasteiger partial charge is 0.371 e. The number of rotatable bonds is 9. The van der Waals surface area contributed by atoms with Gasteiger partial charge in [-0.3, -0.25) is 4.79 Å². The Morgan fingerprint density at radius 1 is 1.16 bits per heavy atom. The van der Waals surface area contributed by atoms with E-state index in [9.17, 15) is 26.0 Å². The quantitative estimate of drug-likeness (QED) is 0.282. The lowest BCUT2D eigenvalue weighted by Crippen LogP contribution is -2.26. The number of aryl methyl sites for hydroxylation is 3. The zero-order valence-corrected chi connectivity index (χ0v) is 23.2. The van der Waals surface area contributed by atoms with Crippen LogP contribution in [0, 0.1) is 20.8 Å². The fourth-order valence-corrected chi connectivity index (χ4v) is 7.51. The van der Waals surface area contributed by atoms with Gasteiger partial charge in [0.2, 0.25) is 5.88 Å². The molecule has 204 valence electrons. The molecule has 4 rings (SSSR count). The number of hydrogen-bond donors (Lipinski definition) is 0. The Labute approximate surface area is 221 Å². The van der Waals surface area contributed by atoms with Gasteiger partial charge in [0, 0.05) is 17.7 Å². The lowest BCUT2D eigenvalue weighted by molar-refractivity contribution is 0.0379. The lowest BCUT2D eigenvalue weighted by Gasteiger charge is -2.29. The molecule has 38 heavy (non-hydrogen) atoms. The molecule has 12 heteroatoms. The van der Waals surface area contributed by atoms with E-state index in [4.69, 9.17) is 8.92 Å². The van der Waals surface area contributed by atoms with Gasteiger partial charge in [0.15, 0.2) is 15.6 Å². The molecule has 0 spiro atoms. The first-order valence-corrected chi connectivity index (χ1v) is 15.1. The normalized spacial score (nSPS) is 16.7. The van der Waals surface area contributed by atoms with Crippen LogP contribution in [0.1, 0.15) is 57.6 Å². The molecule has 0 N–H and O–H groups in total. The lowest BCUT2D eigenvalue weighted by atomic mass is 9.90. The Morgan fingerprint density at radius 2 is 1.84 bits per heavy atom. The number of benzene rings is 2. The first kappa shape index (κ1) is 27.9. The van der Waals surface area contributed by atoms with Gasteiger partial charge in [-0.2, -0.15) is 13.5 Å². The topological polar surface area (TPSA) is 122 Å². The monoisotopic (exact) mass is 564 g/mol. The van der Waals surface area contributed by atoms with Crippen LogP contribution >= 0.6 is 0 Å². The van der Waals surface area contributed by atoms with Crippen LogP contribution < -0.4 is 4.18 Å². The molecule has 0 bridgehead atoms. The van der Waals surface area contributed by atoms with Crippen LogP contribution in [-0.2, 0) is 31.2 Å². The summed E-state index contributed by atoms with van der Waals surface area (Å²) in [6.45, 7) is 6.01. The van der Waals surface area contributed by atoms with Gasteiger partial charge in [-0.25, -0.2) is 17.5 Å². The van der Waals surface area contributed by atoms with Crippen LogP contribution in [0.5, 0.6) is 5.88 Å². The predicted molar refractivity (Wildman–Crippen MR) is 138 cm³/mol. The minimum Gasteiger partial charge on any atom is -0.371 e. The van der Waals surface area contributed by atoms with E-state index in [0.29, 0.717) is 16.7 Å². The smallest absolute Gasteiger partial charge is 0.340 e. The summed E-state index contributed by atoms with van der Waals surface area (Å²) in [6, 6.07) is 7.55. The highest BCUT2D eigenvalue weighted by atomic mass is 32.2. The maximum absolute atomic E-state index is 13.8. The number of alkyl halides is 1. The van der Waals surface area contributed by atoms with Crippen molar-refractivity contribution in [1.82, 2.24) is 9.78 Å². The van der Waals surface area contributed by atoms with E-state index < -0.39 is 38.5 Å². The third-order valence-corrected chi connectivity index (χ3v) is 9.69. The summed E-state index contributed by atoms with van der Waals surface area (Å²) in [6.07, 6.45) is 0.657. The van der Waals surface area contributed by atoms with Crippen LogP contribution in [0.3, 0.4) is 0 Å². The molecule has 3 aromatic rings.